The Hall–Kier alpha value is -2.48. The third-order valence-electron chi connectivity index (χ3n) is 27.6. The molecule has 17 heteroatoms. The van der Waals surface area contributed by atoms with Crippen molar-refractivity contribution in [2.24, 2.45) is 5.73 Å². The van der Waals surface area contributed by atoms with Gasteiger partial charge in [0.15, 0.2) is 0 Å². The first kappa shape index (κ1) is 132. The van der Waals surface area contributed by atoms with E-state index >= 15 is 0 Å². The number of nitrogens with zero attached hydrogens (tertiary/aromatic N) is 4. The van der Waals surface area contributed by atoms with Crippen LogP contribution < -0.4 is 32.3 Å². The Morgan fingerprint density at radius 2 is 0.356 bits per heavy atom. The minimum atomic E-state index is -0.600. The van der Waals surface area contributed by atoms with Crippen LogP contribution in [0.4, 0.5) is 0 Å². The molecule has 0 aromatic heterocycles. The van der Waals surface area contributed by atoms with Gasteiger partial charge in [-0.25, -0.2) is 0 Å². The topological polar surface area (TPSA) is 228 Å². The lowest BCUT2D eigenvalue weighted by molar-refractivity contribution is -0.122. The lowest BCUT2D eigenvalue weighted by Crippen LogP contribution is -2.43. The third-order valence-corrected chi connectivity index (χ3v) is 27.6. The van der Waals surface area contributed by atoms with E-state index in [2.05, 4.69) is 94.6 Å². The lowest BCUT2D eigenvalue weighted by Gasteiger charge is -2.30. The summed E-state index contributed by atoms with van der Waals surface area (Å²) in [4.78, 5) is 61.0. The van der Waals surface area contributed by atoms with Gasteiger partial charge in [0.1, 0.15) is 0 Å². The summed E-state index contributed by atoms with van der Waals surface area (Å²) in [6.07, 6.45) is 101. The van der Waals surface area contributed by atoms with E-state index in [1.807, 2.05) is 0 Å². The molecule has 0 saturated carbocycles. The molecule has 0 radical (unpaired) electrons. The summed E-state index contributed by atoms with van der Waals surface area (Å²) >= 11 is 0. The highest BCUT2D eigenvalue weighted by Crippen LogP contribution is 2.21. The van der Waals surface area contributed by atoms with Crippen molar-refractivity contribution in [2.75, 3.05) is 124 Å². The maximum Gasteiger partial charge on any atom is 0.221 e. The molecule has 0 fully saturated rings. The summed E-state index contributed by atoms with van der Waals surface area (Å²) in [7, 11) is 0. The van der Waals surface area contributed by atoms with Crippen LogP contribution in [0.2, 0.25) is 0 Å². The zero-order valence-electron chi connectivity index (χ0n) is 90.0. The monoisotopic (exact) mass is 1870 g/mol. The van der Waals surface area contributed by atoms with Crippen LogP contribution >= 0.6 is 0 Å². The first-order valence-electron chi connectivity index (χ1n) is 59.2. The second-order valence-corrected chi connectivity index (χ2v) is 41.1. The molecule has 3 unspecified atom stereocenters. The average Bonchev–Trinajstić information content (AvgIpc) is 0.923. The van der Waals surface area contributed by atoms with Gasteiger partial charge in [0.2, 0.25) is 23.6 Å². The molecule has 0 aliphatic carbocycles. The molecule has 0 saturated heterocycles. The zero-order chi connectivity index (χ0) is 96.3. The smallest absolute Gasteiger partial charge is 0.221 e. The van der Waals surface area contributed by atoms with Crippen molar-refractivity contribution in [2.45, 2.75) is 593 Å². The van der Waals surface area contributed by atoms with E-state index in [1.54, 1.807) is 0 Å². The Balaban J connectivity index is 0. The van der Waals surface area contributed by atoms with Crippen molar-refractivity contribution in [3.05, 3.63) is 0 Å². The molecule has 132 heavy (non-hydrogen) atoms. The highest BCUT2D eigenvalue weighted by atomic mass is 16.3. The Morgan fingerprint density at radius 1 is 0.197 bits per heavy atom. The van der Waals surface area contributed by atoms with Gasteiger partial charge in [-0.2, -0.15) is 0 Å². The van der Waals surface area contributed by atoms with Crippen LogP contribution in [0.25, 0.3) is 0 Å². The normalized spacial score (nSPS) is 12.4. The van der Waals surface area contributed by atoms with Gasteiger partial charge < -0.3 is 62.3 Å². The van der Waals surface area contributed by atoms with Gasteiger partial charge in [-0.15, -0.1) is 0 Å². The molecule has 0 aliphatic heterocycles. The summed E-state index contributed by atoms with van der Waals surface area (Å²) < 4.78 is 0. The van der Waals surface area contributed by atoms with E-state index in [-0.39, 0.29) is 30.2 Å². The number of aliphatic hydroxyl groups excluding tert-OH is 3. The van der Waals surface area contributed by atoms with E-state index < -0.39 is 18.3 Å². The molecule has 0 aliphatic rings. The molecule has 17 nitrogen and oxygen atoms in total. The lowest BCUT2D eigenvalue weighted by atomic mass is 10.1. The fraction of sp³-hybridized carbons (Fsp3) is 0.965. The largest absolute Gasteiger partial charge is 0.390 e. The van der Waals surface area contributed by atoms with Crippen LogP contribution in [-0.4, -0.2) is 201 Å². The number of aliphatic hydroxyl groups is 3. The van der Waals surface area contributed by atoms with Gasteiger partial charge in [0, 0.05) is 117 Å². The van der Waals surface area contributed by atoms with Gasteiger partial charge in [-0.05, 0) is 90.5 Å². The standard InChI is InChI=1S/C83H169N7O5.C32H67N3O2/c1-6-11-16-21-26-31-36-38-43-48-53-58-69-88(76-79(91)75-84-68-62-81(93)85-65-55-50-45-40-33-28-23-18-13-8-3)71-60-61-72-89(70-59-54-49-44-39-37-32-27-22-17-12-7-2)77-80(92)78-90(73-63-82(94)86-66-56-51-46-41-34-29-24-19-14-9-4)74-64-83(95)87-67-57-52-47-42-35-30-25-20-15-10-5;1-3-5-7-9-11-13-15-16-18-20-22-24-27-35(30-31(36)29-33)28-25-32(37)34-26-23-21-19-17-14-12-10-8-6-4-2/h79-80,84,91-92H,6-78H2,1-5H3,(H,85,93)(H,86,94)(H,87,95);31,36H,3-30,33H2,1-2H3,(H,34,37). The summed E-state index contributed by atoms with van der Waals surface area (Å²) in [5.41, 5.74) is 5.64. The second-order valence-electron chi connectivity index (χ2n) is 41.1. The third kappa shape index (κ3) is 106. The predicted molar refractivity (Wildman–Crippen MR) is 576 cm³/mol. The van der Waals surface area contributed by atoms with E-state index in [9.17, 15) is 34.5 Å². The maximum atomic E-state index is 13.3. The Kier molecular flexibility index (Phi) is 112. The minimum absolute atomic E-state index is 0.0605. The Bertz CT molecular complexity index is 2220. The van der Waals surface area contributed by atoms with Crippen molar-refractivity contribution in [3.8, 4) is 0 Å². The van der Waals surface area contributed by atoms with Gasteiger partial charge >= 0.3 is 0 Å². The SMILES string of the molecule is CCCCCCCCCCCCCCN(CCC(=O)NCCCCCCCCCCCC)CC(O)CN.CCCCCCCCCCCCCCN(CCCCN(CCCCCCCCCCCCCC)CC(O)CN(CCC(=O)NCCCCCCCCCCCC)CCC(=O)NCCCCCCCCCCCC)CC(O)CNCCC(=O)NCCCCCCCCCCCC. The number of carbonyl (C=O) groups excluding carboxylic acids is 4. The molecule has 0 bridgehead atoms. The average molecular weight is 1870 g/mol. The number of nitrogens with two attached hydrogens (primary N) is 1. The Morgan fingerprint density at radius 3 is 0.568 bits per heavy atom. The highest BCUT2D eigenvalue weighted by molar-refractivity contribution is 5.77. The van der Waals surface area contributed by atoms with Crippen molar-refractivity contribution < 1.29 is 34.5 Å². The molecule has 0 aromatic carbocycles. The second kappa shape index (κ2) is 112. The summed E-state index contributed by atoms with van der Waals surface area (Å²) in [5.74, 6) is 0.353. The number of carbonyl (C=O) groups is 4. The summed E-state index contributed by atoms with van der Waals surface area (Å²) in [6, 6.07) is 0. The Labute approximate surface area is 823 Å². The first-order valence-corrected chi connectivity index (χ1v) is 59.2. The van der Waals surface area contributed by atoms with Crippen LogP contribution in [0.5, 0.6) is 0 Å². The van der Waals surface area contributed by atoms with E-state index in [0.29, 0.717) is 97.7 Å². The fourth-order valence-electron chi connectivity index (χ4n) is 18.7. The zero-order valence-corrected chi connectivity index (χ0v) is 90.0. The summed E-state index contributed by atoms with van der Waals surface area (Å²) in [6.45, 7) is 28.9. The van der Waals surface area contributed by atoms with E-state index in [4.69, 9.17) is 5.73 Å². The predicted octanol–water partition coefficient (Wildman–Crippen LogP) is 28.4. The molecule has 0 heterocycles. The molecule has 0 rings (SSSR count). The number of amides is 4. The van der Waals surface area contributed by atoms with Gasteiger partial charge in [0.05, 0.1) is 18.3 Å². The van der Waals surface area contributed by atoms with Gasteiger partial charge in [-0.3, -0.25) is 24.1 Å². The molecular weight excluding hydrogens is 1630 g/mol. The van der Waals surface area contributed by atoms with Gasteiger partial charge in [0.25, 0.3) is 0 Å². The fourth-order valence-corrected chi connectivity index (χ4v) is 18.7. The van der Waals surface area contributed by atoms with Gasteiger partial charge in [-0.1, -0.05) is 492 Å². The van der Waals surface area contributed by atoms with Crippen LogP contribution in [0, 0.1) is 0 Å². The van der Waals surface area contributed by atoms with Crippen molar-refractivity contribution in [3.63, 3.8) is 0 Å². The molecule has 3 atom stereocenters. The van der Waals surface area contributed by atoms with Crippen LogP contribution in [-0.2, 0) is 19.2 Å². The van der Waals surface area contributed by atoms with E-state index in [0.717, 1.165) is 116 Å². The van der Waals surface area contributed by atoms with Crippen molar-refractivity contribution >= 4 is 23.6 Å². The number of unbranched alkanes of at least 4 members (excludes halogenated alkanes) is 70. The molecule has 0 spiro atoms. The molecule has 4 amide bonds. The quantitative estimate of drug-likeness (QED) is 0.0259. The van der Waals surface area contributed by atoms with Crippen molar-refractivity contribution in [1.82, 2.24) is 46.2 Å². The maximum absolute atomic E-state index is 13.3. The van der Waals surface area contributed by atoms with Crippen LogP contribution in [0.1, 0.15) is 575 Å². The molecule has 788 valence electrons. The van der Waals surface area contributed by atoms with Crippen LogP contribution in [0.3, 0.4) is 0 Å². The molecule has 10 N–H and O–H groups in total. The molecular formula is C115H236N10O7. The summed E-state index contributed by atoms with van der Waals surface area (Å²) in [5, 5.41) is 49.5. The number of hydrogen-bond acceptors (Lipinski definition) is 13. The number of hydrogen-bond donors (Lipinski definition) is 9. The minimum Gasteiger partial charge on any atom is -0.390 e. The van der Waals surface area contributed by atoms with Crippen LogP contribution in [0.15, 0.2) is 0 Å². The number of nitrogens with one attached hydrogen (secondary N) is 5. The van der Waals surface area contributed by atoms with E-state index in [1.165, 1.54) is 430 Å². The van der Waals surface area contributed by atoms with Crippen molar-refractivity contribution in [1.29, 1.82) is 0 Å². The number of rotatable bonds is 111. The molecule has 0 aromatic rings. The first-order chi connectivity index (χ1) is 64.8. The highest BCUT2D eigenvalue weighted by Gasteiger charge is 2.21.